The van der Waals surface area contributed by atoms with Crippen molar-refractivity contribution in [3.8, 4) is 11.1 Å². The molecule has 8 rings (SSSR count). The van der Waals surface area contributed by atoms with Crippen LogP contribution in [-0.2, 0) is 19.7 Å². The first-order valence-corrected chi connectivity index (χ1v) is 17.7. The number of carbonyl (C=O) groups is 2. The fraction of sp³-hybridized carbons (Fsp3) is 0.568. The summed E-state index contributed by atoms with van der Waals surface area (Å²) in [6, 6.07) is 15.0. The molecule has 0 bridgehead atoms. The maximum atomic E-state index is 14.8. The first kappa shape index (κ1) is 34.0. The number of fused-ring (bicyclic) bond motifs is 3. The van der Waals surface area contributed by atoms with Gasteiger partial charge in [0.15, 0.2) is 5.82 Å². The number of nitrogens with zero attached hydrogens (tertiary/aromatic N) is 4. The highest BCUT2D eigenvalue weighted by Gasteiger charge is 2.61. The average molecular weight is 715 g/mol. The Morgan fingerprint density at radius 3 is 2.10 bits per heavy atom. The van der Waals surface area contributed by atoms with Crippen molar-refractivity contribution in [2.45, 2.75) is 98.8 Å². The van der Waals surface area contributed by atoms with Crippen molar-refractivity contribution in [2.24, 2.45) is 0 Å². The molecule has 2 atom stereocenters. The lowest BCUT2D eigenvalue weighted by atomic mass is 9.76. The number of amides is 2. The van der Waals surface area contributed by atoms with Gasteiger partial charge in [0, 0.05) is 44.2 Å². The summed E-state index contributed by atoms with van der Waals surface area (Å²) < 4.78 is 88.9. The van der Waals surface area contributed by atoms with Crippen molar-refractivity contribution in [1.82, 2.24) is 19.9 Å². The van der Waals surface area contributed by atoms with Crippen LogP contribution in [0.15, 0.2) is 53.1 Å². The SMILES string of the molecule is O=C([C@@H]1CC[C@@]2(CCO2)CN1C(=O)OCC1c2ccccc2-c2ccccc21)N1CCC(c2noc(C3CCC(F)(F)CC3)n2)(C(F)(F)F)CC1. The van der Waals surface area contributed by atoms with Gasteiger partial charge in [-0.3, -0.25) is 9.69 Å². The second-order valence-corrected chi connectivity index (χ2v) is 14.8. The maximum absolute atomic E-state index is 14.8. The lowest BCUT2D eigenvalue weighted by molar-refractivity contribution is -0.207. The van der Waals surface area contributed by atoms with Crippen molar-refractivity contribution in [3.63, 3.8) is 0 Å². The molecule has 3 saturated heterocycles. The lowest BCUT2D eigenvalue weighted by Crippen LogP contribution is -2.64. The fourth-order valence-electron chi connectivity index (χ4n) is 8.73. The Balaban J connectivity index is 0.969. The van der Waals surface area contributed by atoms with E-state index in [4.69, 9.17) is 14.0 Å². The molecule has 51 heavy (non-hydrogen) atoms. The summed E-state index contributed by atoms with van der Waals surface area (Å²) in [5.41, 5.74) is 1.22. The molecule has 1 saturated carbocycles. The summed E-state index contributed by atoms with van der Waals surface area (Å²) in [4.78, 5) is 34.8. The molecule has 272 valence electrons. The van der Waals surface area contributed by atoms with Gasteiger partial charge in [-0.2, -0.15) is 18.2 Å². The van der Waals surface area contributed by atoms with E-state index in [0.29, 0.717) is 19.4 Å². The van der Waals surface area contributed by atoms with Crippen molar-refractivity contribution < 1.29 is 45.5 Å². The molecule has 3 aromatic rings. The van der Waals surface area contributed by atoms with Crippen LogP contribution in [0.2, 0.25) is 0 Å². The number of hydrogen-bond donors (Lipinski definition) is 0. The predicted octanol–water partition coefficient (Wildman–Crippen LogP) is 7.36. The number of ether oxygens (including phenoxy) is 2. The van der Waals surface area contributed by atoms with E-state index in [1.165, 1.54) is 9.80 Å². The number of halogens is 5. The first-order chi connectivity index (χ1) is 24.4. The highest BCUT2D eigenvalue weighted by Crippen LogP contribution is 2.49. The topological polar surface area (TPSA) is 98.0 Å². The molecule has 14 heteroatoms. The van der Waals surface area contributed by atoms with E-state index in [1.54, 1.807) is 0 Å². The molecule has 1 spiro atoms. The largest absolute Gasteiger partial charge is 0.448 e. The van der Waals surface area contributed by atoms with Crippen LogP contribution < -0.4 is 0 Å². The van der Waals surface area contributed by atoms with E-state index in [9.17, 15) is 31.5 Å². The molecule has 0 radical (unpaired) electrons. The van der Waals surface area contributed by atoms with Crippen LogP contribution in [0.1, 0.15) is 92.5 Å². The quantitative estimate of drug-likeness (QED) is 0.255. The Hall–Kier alpha value is -4.07. The third-order valence-electron chi connectivity index (χ3n) is 11.9. The summed E-state index contributed by atoms with van der Waals surface area (Å²) in [7, 11) is 0. The van der Waals surface area contributed by atoms with Gasteiger partial charge in [0.25, 0.3) is 0 Å². The second kappa shape index (κ2) is 12.6. The van der Waals surface area contributed by atoms with Crippen LogP contribution in [0.3, 0.4) is 0 Å². The molecule has 0 N–H and O–H groups in total. The van der Waals surface area contributed by atoms with E-state index < -0.39 is 78.6 Å². The second-order valence-electron chi connectivity index (χ2n) is 14.8. The number of carbonyl (C=O) groups excluding carboxylic acids is 2. The number of piperidine rings is 2. The lowest BCUT2D eigenvalue weighted by Gasteiger charge is -2.51. The van der Waals surface area contributed by atoms with Crippen LogP contribution >= 0.6 is 0 Å². The van der Waals surface area contributed by atoms with Crippen LogP contribution in [-0.4, -0.2) is 88.5 Å². The molecule has 0 unspecified atom stereocenters. The minimum Gasteiger partial charge on any atom is -0.448 e. The summed E-state index contributed by atoms with van der Waals surface area (Å²) in [6.07, 6.45) is -5.56. The zero-order valence-corrected chi connectivity index (χ0v) is 28.0. The Kier molecular flexibility index (Phi) is 8.38. The minimum absolute atomic E-state index is 0.0455. The average Bonchev–Trinajstić information content (AvgIpc) is 3.73. The molecular weight excluding hydrogens is 675 g/mol. The summed E-state index contributed by atoms with van der Waals surface area (Å²) in [5, 5.41) is 3.72. The predicted molar refractivity (Wildman–Crippen MR) is 172 cm³/mol. The molecule has 4 heterocycles. The van der Waals surface area contributed by atoms with Crippen molar-refractivity contribution in [3.05, 3.63) is 71.4 Å². The van der Waals surface area contributed by atoms with Crippen LogP contribution in [0.25, 0.3) is 11.1 Å². The molecule has 3 aliphatic heterocycles. The van der Waals surface area contributed by atoms with Gasteiger partial charge in [0.1, 0.15) is 18.1 Å². The number of benzene rings is 2. The number of rotatable bonds is 5. The standard InChI is InChI=1S/C37H39F5N4O5/c38-36(39)13-9-23(10-14-36)30-43-32(44-51-30)35(37(40,41)42)15-18-45(19-16-35)31(47)29-11-12-34(17-20-50-34)22-46(29)33(48)49-21-28-26-7-3-1-5-24(26)25-6-2-4-8-27(25)28/h1-8,23,28-29H,9-22H2/t29-,34+/m0/s1. The third-order valence-corrected chi connectivity index (χ3v) is 11.9. The molecule has 1 aromatic heterocycles. The molecular formula is C37H39F5N4O5. The van der Waals surface area contributed by atoms with Gasteiger partial charge in [-0.15, -0.1) is 0 Å². The van der Waals surface area contributed by atoms with E-state index in [1.807, 2.05) is 48.5 Å². The molecule has 2 amide bonds. The van der Waals surface area contributed by atoms with Crippen molar-refractivity contribution in [1.29, 1.82) is 0 Å². The summed E-state index contributed by atoms with van der Waals surface area (Å²) in [6.45, 7) is 0.280. The highest BCUT2D eigenvalue weighted by molar-refractivity contribution is 5.86. The minimum atomic E-state index is -4.75. The Morgan fingerprint density at radius 2 is 1.51 bits per heavy atom. The third kappa shape index (κ3) is 5.96. The van der Waals surface area contributed by atoms with E-state index in [2.05, 4.69) is 10.1 Å². The van der Waals surface area contributed by atoms with E-state index >= 15 is 0 Å². The fourth-order valence-corrected chi connectivity index (χ4v) is 8.73. The van der Waals surface area contributed by atoms with Crippen LogP contribution in [0.4, 0.5) is 26.7 Å². The number of likely N-dealkylation sites (tertiary alicyclic amines) is 2. The number of hydrogen-bond acceptors (Lipinski definition) is 7. The zero-order valence-electron chi connectivity index (χ0n) is 28.0. The van der Waals surface area contributed by atoms with Crippen LogP contribution in [0.5, 0.6) is 0 Å². The van der Waals surface area contributed by atoms with Gasteiger partial charge in [0.05, 0.1) is 18.8 Å². The van der Waals surface area contributed by atoms with Crippen molar-refractivity contribution in [2.75, 3.05) is 32.8 Å². The summed E-state index contributed by atoms with van der Waals surface area (Å²) in [5.74, 6) is -4.55. The normalized spacial score (nSPS) is 26.0. The van der Waals surface area contributed by atoms with Gasteiger partial charge in [-0.25, -0.2) is 13.6 Å². The Labute approximate surface area is 291 Å². The molecule has 4 fully saturated rings. The maximum Gasteiger partial charge on any atom is 0.410 e. The smallest absolute Gasteiger partial charge is 0.410 e. The van der Waals surface area contributed by atoms with Crippen LogP contribution in [0, 0.1) is 0 Å². The first-order valence-electron chi connectivity index (χ1n) is 17.7. The molecule has 2 aromatic carbocycles. The highest BCUT2D eigenvalue weighted by atomic mass is 19.4. The number of aromatic nitrogens is 2. The number of alkyl halides is 5. The van der Waals surface area contributed by atoms with Gasteiger partial charge in [-0.05, 0) is 60.8 Å². The van der Waals surface area contributed by atoms with Crippen molar-refractivity contribution >= 4 is 12.0 Å². The summed E-state index contributed by atoms with van der Waals surface area (Å²) >= 11 is 0. The zero-order chi connectivity index (χ0) is 35.6. The molecule has 2 aliphatic carbocycles. The molecule has 9 nitrogen and oxygen atoms in total. The molecule has 5 aliphatic rings. The van der Waals surface area contributed by atoms with E-state index in [0.717, 1.165) is 28.7 Å². The monoisotopic (exact) mass is 714 g/mol. The van der Waals surface area contributed by atoms with Gasteiger partial charge >= 0.3 is 12.3 Å². The Bertz CT molecular complexity index is 1750. The van der Waals surface area contributed by atoms with E-state index in [-0.39, 0.29) is 50.9 Å². The van der Waals surface area contributed by atoms with Gasteiger partial charge in [0.2, 0.25) is 17.7 Å². The van der Waals surface area contributed by atoms with Gasteiger partial charge < -0.3 is 18.9 Å². The van der Waals surface area contributed by atoms with Gasteiger partial charge in [-0.1, -0.05) is 53.7 Å². The Morgan fingerprint density at radius 1 is 0.882 bits per heavy atom.